The first-order valence-corrected chi connectivity index (χ1v) is 8.74. The molecule has 0 unspecified atom stereocenters. The van der Waals surface area contributed by atoms with Gasteiger partial charge in [-0.05, 0) is 24.7 Å². The van der Waals surface area contributed by atoms with E-state index in [1.54, 1.807) is 0 Å². The second-order valence-corrected chi connectivity index (χ2v) is 8.51. The molecule has 3 rings (SSSR count). The zero-order valence-corrected chi connectivity index (χ0v) is 14.0. The molecule has 3 nitrogen and oxygen atoms in total. The lowest BCUT2D eigenvalue weighted by atomic mass is 9.93. The van der Waals surface area contributed by atoms with Crippen molar-refractivity contribution in [3.8, 4) is 0 Å². The van der Waals surface area contributed by atoms with Gasteiger partial charge in [0, 0.05) is 36.5 Å². The standard InChI is InChI=1S/C16H27N3S/c1-11(2)17-9-13-14(12-5-6-12)18-15(20-13)19-8-7-16(3,4)10-19/h11-12,17H,5-10H2,1-4H3. The summed E-state index contributed by atoms with van der Waals surface area (Å²) >= 11 is 1.92. The van der Waals surface area contributed by atoms with Crippen LogP contribution in [0.25, 0.3) is 0 Å². The number of hydrogen-bond donors (Lipinski definition) is 1. The first kappa shape index (κ1) is 14.3. The Bertz CT molecular complexity index is 474. The third-order valence-electron chi connectivity index (χ3n) is 4.30. The van der Waals surface area contributed by atoms with Crippen LogP contribution in [0.4, 0.5) is 5.13 Å². The number of aromatic nitrogens is 1. The summed E-state index contributed by atoms with van der Waals surface area (Å²) in [7, 11) is 0. The van der Waals surface area contributed by atoms with Gasteiger partial charge in [-0.15, -0.1) is 11.3 Å². The van der Waals surface area contributed by atoms with E-state index in [1.165, 1.54) is 41.5 Å². The van der Waals surface area contributed by atoms with E-state index in [1.807, 2.05) is 11.3 Å². The molecule has 112 valence electrons. The monoisotopic (exact) mass is 293 g/mol. The quantitative estimate of drug-likeness (QED) is 0.896. The second-order valence-electron chi connectivity index (χ2n) is 7.45. The number of hydrogen-bond acceptors (Lipinski definition) is 4. The number of anilines is 1. The molecule has 1 aromatic heterocycles. The molecule has 0 amide bonds. The molecule has 0 radical (unpaired) electrons. The van der Waals surface area contributed by atoms with Crippen molar-refractivity contribution in [3.63, 3.8) is 0 Å². The van der Waals surface area contributed by atoms with Crippen molar-refractivity contribution >= 4 is 16.5 Å². The first-order valence-electron chi connectivity index (χ1n) is 7.92. The molecular formula is C16H27N3S. The summed E-state index contributed by atoms with van der Waals surface area (Å²) in [6.07, 6.45) is 3.96. The highest BCUT2D eigenvalue weighted by Crippen LogP contribution is 2.45. The molecule has 2 heterocycles. The third kappa shape index (κ3) is 3.17. The van der Waals surface area contributed by atoms with Crippen molar-refractivity contribution in [2.75, 3.05) is 18.0 Å². The molecule has 4 heteroatoms. The molecule has 2 fully saturated rings. The summed E-state index contributed by atoms with van der Waals surface area (Å²) in [4.78, 5) is 8.97. The SMILES string of the molecule is CC(C)NCc1sc(N2CCC(C)(C)C2)nc1C1CC1. The lowest BCUT2D eigenvalue weighted by molar-refractivity contribution is 0.418. The van der Waals surface area contributed by atoms with E-state index < -0.39 is 0 Å². The highest BCUT2D eigenvalue weighted by Gasteiger charge is 2.34. The van der Waals surface area contributed by atoms with Gasteiger partial charge in [0.1, 0.15) is 0 Å². The summed E-state index contributed by atoms with van der Waals surface area (Å²) in [5.41, 5.74) is 1.84. The molecule has 1 saturated heterocycles. The summed E-state index contributed by atoms with van der Waals surface area (Å²) in [5.74, 6) is 0.750. The number of rotatable bonds is 5. The van der Waals surface area contributed by atoms with E-state index in [9.17, 15) is 0 Å². The van der Waals surface area contributed by atoms with Crippen molar-refractivity contribution in [1.82, 2.24) is 10.3 Å². The fourth-order valence-corrected chi connectivity index (χ4v) is 3.98. The van der Waals surface area contributed by atoms with E-state index in [0.717, 1.165) is 19.0 Å². The van der Waals surface area contributed by atoms with Crippen LogP contribution >= 0.6 is 11.3 Å². The van der Waals surface area contributed by atoms with Crippen LogP contribution in [0.1, 0.15) is 63.4 Å². The minimum atomic E-state index is 0.446. The number of nitrogens with one attached hydrogen (secondary N) is 1. The fraction of sp³-hybridized carbons (Fsp3) is 0.812. The predicted octanol–water partition coefficient (Wildman–Crippen LogP) is 3.75. The summed E-state index contributed by atoms with van der Waals surface area (Å²) in [5, 5.41) is 4.82. The van der Waals surface area contributed by atoms with Gasteiger partial charge in [0.25, 0.3) is 0 Å². The normalized spacial score (nSPS) is 21.9. The number of thiazole rings is 1. The van der Waals surface area contributed by atoms with Crippen molar-refractivity contribution in [1.29, 1.82) is 0 Å². The van der Waals surface area contributed by atoms with Gasteiger partial charge in [0.05, 0.1) is 5.69 Å². The maximum atomic E-state index is 5.00. The lowest BCUT2D eigenvalue weighted by Crippen LogP contribution is -2.22. The van der Waals surface area contributed by atoms with Crippen molar-refractivity contribution in [2.45, 2.75) is 65.5 Å². The predicted molar refractivity (Wildman–Crippen MR) is 86.7 cm³/mol. The maximum Gasteiger partial charge on any atom is 0.185 e. The van der Waals surface area contributed by atoms with E-state index in [0.29, 0.717) is 11.5 Å². The Hall–Kier alpha value is -0.610. The molecule has 1 aliphatic carbocycles. The van der Waals surface area contributed by atoms with Crippen LogP contribution in [0.5, 0.6) is 0 Å². The average molecular weight is 293 g/mol. The summed E-state index contributed by atoms with van der Waals surface area (Å²) in [6, 6.07) is 0.540. The van der Waals surface area contributed by atoms with Gasteiger partial charge in [0.15, 0.2) is 5.13 Å². The fourth-order valence-electron chi connectivity index (χ4n) is 2.86. The molecular weight excluding hydrogens is 266 g/mol. The molecule has 0 spiro atoms. The largest absolute Gasteiger partial charge is 0.348 e. The summed E-state index contributed by atoms with van der Waals surface area (Å²) < 4.78 is 0. The van der Waals surface area contributed by atoms with Crippen LogP contribution in [-0.2, 0) is 6.54 Å². The molecule has 1 aromatic rings. The van der Waals surface area contributed by atoms with Gasteiger partial charge in [-0.3, -0.25) is 0 Å². The zero-order chi connectivity index (χ0) is 14.3. The molecule has 2 aliphatic rings. The minimum absolute atomic E-state index is 0.446. The minimum Gasteiger partial charge on any atom is -0.348 e. The van der Waals surface area contributed by atoms with Gasteiger partial charge in [-0.25, -0.2) is 4.98 Å². The number of nitrogens with zero attached hydrogens (tertiary/aromatic N) is 2. The van der Waals surface area contributed by atoms with Crippen molar-refractivity contribution in [2.24, 2.45) is 5.41 Å². The van der Waals surface area contributed by atoms with Gasteiger partial charge < -0.3 is 10.2 Å². The maximum absolute atomic E-state index is 5.00. The third-order valence-corrected chi connectivity index (χ3v) is 5.43. The van der Waals surface area contributed by atoms with Crippen LogP contribution in [-0.4, -0.2) is 24.1 Å². The molecule has 1 aliphatic heterocycles. The Balaban J connectivity index is 1.77. The molecule has 1 saturated carbocycles. The molecule has 0 atom stereocenters. The Morgan fingerprint density at radius 3 is 2.70 bits per heavy atom. The molecule has 20 heavy (non-hydrogen) atoms. The van der Waals surface area contributed by atoms with Gasteiger partial charge in [-0.1, -0.05) is 27.7 Å². The first-order chi connectivity index (χ1) is 9.44. The Labute approximate surface area is 126 Å². The second kappa shape index (κ2) is 5.30. The van der Waals surface area contributed by atoms with Gasteiger partial charge in [-0.2, -0.15) is 0 Å². The van der Waals surface area contributed by atoms with Crippen LogP contribution < -0.4 is 10.2 Å². The van der Waals surface area contributed by atoms with Crippen LogP contribution in [0.15, 0.2) is 0 Å². The molecule has 1 N–H and O–H groups in total. The van der Waals surface area contributed by atoms with Crippen LogP contribution in [0, 0.1) is 5.41 Å². The summed E-state index contributed by atoms with van der Waals surface area (Å²) in [6.45, 7) is 12.5. The molecule has 0 aromatic carbocycles. The van der Waals surface area contributed by atoms with Crippen molar-refractivity contribution in [3.05, 3.63) is 10.6 Å². The Kier molecular flexibility index (Phi) is 3.80. The highest BCUT2D eigenvalue weighted by molar-refractivity contribution is 7.15. The zero-order valence-electron chi connectivity index (χ0n) is 13.2. The van der Waals surface area contributed by atoms with E-state index in [-0.39, 0.29) is 0 Å². The topological polar surface area (TPSA) is 28.2 Å². The molecule has 0 bridgehead atoms. The smallest absolute Gasteiger partial charge is 0.185 e. The van der Waals surface area contributed by atoms with Crippen molar-refractivity contribution < 1.29 is 0 Å². The van der Waals surface area contributed by atoms with Gasteiger partial charge in [0.2, 0.25) is 0 Å². The van der Waals surface area contributed by atoms with E-state index in [2.05, 4.69) is 37.9 Å². The Morgan fingerprint density at radius 2 is 2.15 bits per heavy atom. The van der Waals surface area contributed by atoms with Crippen LogP contribution in [0.2, 0.25) is 0 Å². The van der Waals surface area contributed by atoms with Gasteiger partial charge >= 0.3 is 0 Å². The van der Waals surface area contributed by atoms with E-state index in [4.69, 9.17) is 4.98 Å². The van der Waals surface area contributed by atoms with Crippen LogP contribution in [0.3, 0.4) is 0 Å². The van der Waals surface area contributed by atoms with E-state index >= 15 is 0 Å². The lowest BCUT2D eigenvalue weighted by Gasteiger charge is -2.18. The Morgan fingerprint density at radius 1 is 1.40 bits per heavy atom. The highest BCUT2D eigenvalue weighted by atomic mass is 32.1. The average Bonchev–Trinajstić information content (AvgIpc) is 3.02.